The molecule has 0 aromatic heterocycles. The minimum Gasteiger partial charge on any atom is -0.480 e. The molecule has 5 atom stereocenters. The first kappa shape index (κ1) is 20.6. The number of ketones is 1. The number of carboxylic acids is 1. The number of carbonyl (C=O) groups excluding carboxylic acids is 2. The molecule has 152 valence electrons. The lowest BCUT2D eigenvalue weighted by Crippen LogP contribution is -2.47. The van der Waals surface area contributed by atoms with Gasteiger partial charge in [0.1, 0.15) is 11.8 Å². The van der Waals surface area contributed by atoms with Crippen molar-refractivity contribution in [2.24, 2.45) is 17.8 Å². The summed E-state index contributed by atoms with van der Waals surface area (Å²) in [5.74, 6) is -1.09. The largest absolute Gasteiger partial charge is 0.480 e. The fourth-order valence-electron chi connectivity index (χ4n) is 5.08. The number of nitrogens with zero attached hydrogens (tertiary/aromatic N) is 1. The molecule has 1 saturated carbocycles. The number of hydrogen-bond donors (Lipinski definition) is 1. The average Bonchev–Trinajstić information content (AvgIpc) is 3.26. The summed E-state index contributed by atoms with van der Waals surface area (Å²) in [6.07, 6.45) is 5.55. The van der Waals surface area contributed by atoms with Gasteiger partial charge in [-0.1, -0.05) is 43.7 Å². The van der Waals surface area contributed by atoms with Crippen molar-refractivity contribution in [1.29, 1.82) is 0 Å². The first-order chi connectivity index (χ1) is 13.4. The molecule has 28 heavy (non-hydrogen) atoms. The van der Waals surface area contributed by atoms with E-state index in [1.54, 1.807) is 11.8 Å². The van der Waals surface area contributed by atoms with Gasteiger partial charge in [-0.3, -0.25) is 9.59 Å². The summed E-state index contributed by atoms with van der Waals surface area (Å²) in [4.78, 5) is 38.7. The second kappa shape index (κ2) is 8.89. The summed E-state index contributed by atoms with van der Waals surface area (Å²) < 4.78 is 0. The van der Waals surface area contributed by atoms with E-state index >= 15 is 0 Å². The molecule has 2 aliphatic rings. The lowest BCUT2D eigenvalue weighted by atomic mass is 9.87. The molecular formula is C23H31NO4. The van der Waals surface area contributed by atoms with Crippen LogP contribution in [0.5, 0.6) is 0 Å². The fraction of sp³-hybridized carbons (Fsp3) is 0.609. The smallest absolute Gasteiger partial charge is 0.326 e. The van der Waals surface area contributed by atoms with E-state index in [0.29, 0.717) is 25.2 Å². The van der Waals surface area contributed by atoms with Crippen LogP contribution in [0.15, 0.2) is 30.3 Å². The minimum absolute atomic E-state index is 0.0659. The van der Waals surface area contributed by atoms with Crippen molar-refractivity contribution in [2.45, 2.75) is 70.9 Å². The number of fused-ring (bicyclic) bond motifs is 1. The first-order valence-corrected chi connectivity index (χ1v) is 10.5. The molecule has 0 radical (unpaired) electrons. The SMILES string of the molecule is CC(=O)[C@H](CCc1ccccc1)C[C@@H](C)C(=O)N1[C@H](C(=O)O)C[C@H]2CCC[C@@H]21. The van der Waals surface area contributed by atoms with E-state index in [2.05, 4.69) is 0 Å². The van der Waals surface area contributed by atoms with Crippen LogP contribution in [0.4, 0.5) is 0 Å². The van der Waals surface area contributed by atoms with Crippen molar-refractivity contribution in [2.75, 3.05) is 0 Å². The summed E-state index contributed by atoms with van der Waals surface area (Å²) in [7, 11) is 0. The Hall–Kier alpha value is -2.17. The van der Waals surface area contributed by atoms with Crippen molar-refractivity contribution in [3.05, 3.63) is 35.9 Å². The molecule has 1 aromatic rings. The molecule has 5 nitrogen and oxygen atoms in total. The van der Waals surface area contributed by atoms with Gasteiger partial charge < -0.3 is 10.0 Å². The third kappa shape index (κ3) is 4.45. The average molecular weight is 386 g/mol. The van der Waals surface area contributed by atoms with E-state index in [4.69, 9.17) is 0 Å². The van der Waals surface area contributed by atoms with Crippen LogP contribution in [0.2, 0.25) is 0 Å². The monoisotopic (exact) mass is 385 g/mol. The van der Waals surface area contributed by atoms with Crippen LogP contribution in [0.3, 0.4) is 0 Å². The van der Waals surface area contributed by atoms with Crippen LogP contribution in [-0.2, 0) is 20.8 Å². The van der Waals surface area contributed by atoms with E-state index in [-0.39, 0.29) is 29.6 Å². The molecule has 0 unspecified atom stereocenters. The van der Waals surface area contributed by atoms with Gasteiger partial charge in [0.25, 0.3) is 0 Å². The van der Waals surface area contributed by atoms with Crippen LogP contribution in [0.1, 0.15) is 57.9 Å². The summed E-state index contributed by atoms with van der Waals surface area (Å²) in [5.41, 5.74) is 1.19. The molecule has 0 spiro atoms. The van der Waals surface area contributed by atoms with Gasteiger partial charge in [-0.05, 0) is 56.9 Å². The Morgan fingerprint density at radius 1 is 1.18 bits per heavy atom. The number of Topliss-reactive ketones (excluding diaryl/α,β-unsaturated/α-hetero) is 1. The van der Waals surface area contributed by atoms with Gasteiger partial charge in [-0.2, -0.15) is 0 Å². The normalized spacial score (nSPS) is 25.9. The maximum absolute atomic E-state index is 13.2. The van der Waals surface area contributed by atoms with Crippen molar-refractivity contribution >= 4 is 17.7 Å². The molecule has 0 bridgehead atoms. The van der Waals surface area contributed by atoms with Gasteiger partial charge in [0, 0.05) is 17.9 Å². The van der Waals surface area contributed by atoms with E-state index in [1.807, 2.05) is 37.3 Å². The second-order valence-electron chi connectivity index (χ2n) is 8.56. The summed E-state index contributed by atoms with van der Waals surface area (Å²) in [6, 6.07) is 9.41. The van der Waals surface area contributed by atoms with Gasteiger partial charge in [0.05, 0.1) is 0 Å². The van der Waals surface area contributed by atoms with Gasteiger partial charge in [-0.25, -0.2) is 4.79 Å². The van der Waals surface area contributed by atoms with E-state index in [0.717, 1.165) is 25.7 Å². The van der Waals surface area contributed by atoms with Gasteiger partial charge in [0.15, 0.2) is 0 Å². The van der Waals surface area contributed by atoms with Crippen molar-refractivity contribution < 1.29 is 19.5 Å². The van der Waals surface area contributed by atoms with Gasteiger partial charge >= 0.3 is 5.97 Å². The first-order valence-electron chi connectivity index (χ1n) is 10.5. The van der Waals surface area contributed by atoms with E-state index < -0.39 is 12.0 Å². The number of aliphatic carboxylic acids is 1. The predicted octanol–water partition coefficient (Wildman–Crippen LogP) is 3.70. The number of aryl methyl sites for hydroxylation is 1. The molecule has 1 heterocycles. The highest BCUT2D eigenvalue weighted by Crippen LogP contribution is 2.42. The Labute approximate surface area is 167 Å². The molecule has 1 amide bonds. The number of hydrogen-bond acceptors (Lipinski definition) is 3. The van der Waals surface area contributed by atoms with Crippen LogP contribution >= 0.6 is 0 Å². The summed E-state index contributed by atoms with van der Waals surface area (Å²) >= 11 is 0. The molecule has 5 heteroatoms. The lowest BCUT2D eigenvalue weighted by Gasteiger charge is -2.31. The predicted molar refractivity (Wildman–Crippen MR) is 107 cm³/mol. The number of carbonyl (C=O) groups is 3. The van der Waals surface area contributed by atoms with Crippen molar-refractivity contribution in [1.82, 2.24) is 4.90 Å². The van der Waals surface area contributed by atoms with Crippen LogP contribution in [-0.4, -0.2) is 39.7 Å². The van der Waals surface area contributed by atoms with Crippen LogP contribution < -0.4 is 0 Å². The van der Waals surface area contributed by atoms with Crippen LogP contribution in [0, 0.1) is 17.8 Å². The zero-order valence-electron chi connectivity index (χ0n) is 16.8. The third-order valence-corrected chi connectivity index (χ3v) is 6.64. The number of carboxylic acid groups (broad SMARTS) is 1. The maximum Gasteiger partial charge on any atom is 0.326 e. The van der Waals surface area contributed by atoms with Crippen LogP contribution in [0.25, 0.3) is 0 Å². The Morgan fingerprint density at radius 3 is 2.54 bits per heavy atom. The quantitative estimate of drug-likeness (QED) is 0.740. The van der Waals surface area contributed by atoms with E-state index in [9.17, 15) is 19.5 Å². The second-order valence-corrected chi connectivity index (χ2v) is 8.56. The van der Waals surface area contributed by atoms with Gasteiger partial charge in [-0.15, -0.1) is 0 Å². The fourth-order valence-corrected chi connectivity index (χ4v) is 5.08. The summed E-state index contributed by atoms with van der Waals surface area (Å²) in [5, 5.41) is 9.60. The standard InChI is InChI=1S/C23H31NO4/c1-15(13-18(16(2)25)12-11-17-7-4-3-5-8-17)22(26)24-20-10-6-9-19(20)14-21(24)23(27)28/h3-5,7-8,15,18-21H,6,9-14H2,1-2H3,(H,27,28)/t15-,18-,19-,20+,21+/m1/s1. The van der Waals surface area contributed by atoms with Gasteiger partial charge in [0.2, 0.25) is 5.91 Å². The Kier molecular flexibility index (Phi) is 6.53. The Bertz CT molecular complexity index is 717. The zero-order chi connectivity index (χ0) is 20.3. The summed E-state index contributed by atoms with van der Waals surface area (Å²) in [6.45, 7) is 3.44. The number of amides is 1. The molecule has 3 rings (SSSR count). The number of benzene rings is 1. The van der Waals surface area contributed by atoms with E-state index in [1.165, 1.54) is 5.56 Å². The highest BCUT2D eigenvalue weighted by molar-refractivity contribution is 5.87. The lowest BCUT2D eigenvalue weighted by molar-refractivity contribution is -0.151. The zero-order valence-corrected chi connectivity index (χ0v) is 16.8. The number of likely N-dealkylation sites (tertiary alicyclic amines) is 1. The number of rotatable bonds is 8. The maximum atomic E-state index is 13.2. The van der Waals surface area contributed by atoms with Crippen molar-refractivity contribution in [3.8, 4) is 0 Å². The molecule has 1 aliphatic carbocycles. The molecule has 1 saturated heterocycles. The molecule has 1 aliphatic heterocycles. The Balaban J connectivity index is 1.65. The topological polar surface area (TPSA) is 74.7 Å². The molecule has 1 N–H and O–H groups in total. The Morgan fingerprint density at radius 2 is 1.89 bits per heavy atom. The molecule has 2 fully saturated rings. The van der Waals surface area contributed by atoms with Crippen molar-refractivity contribution in [3.63, 3.8) is 0 Å². The molecular weight excluding hydrogens is 354 g/mol. The highest BCUT2D eigenvalue weighted by atomic mass is 16.4. The molecule has 1 aromatic carbocycles. The minimum atomic E-state index is -0.901. The third-order valence-electron chi connectivity index (χ3n) is 6.64. The highest BCUT2D eigenvalue weighted by Gasteiger charge is 2.49.